The van der Waals surface area contributed by atoms with Gasteiger partial charge >= 0.3 is 5.69 Å². The zero-order chi connectivity index (χ0) is 21.0. The Hall–Kier alpha value is -2.64. The van der Waals surface area contributed by atoms with Gasteiger partial charge in [-0.05, 0) is 42.5 Å². The molecule has 0 bridgehead atoms. The van der Waals surface area contributed by atoms with Crippen molar-refractivity contribution < 1.29 is 4.74 Å². The van der Waals surface area contributed by atoms with Gasteiger partial charge in [0.2, 0.25) is 0 Å². The third-order valence-corrected chi connectivity index (χ3v) is 6.13. The third kappa shape index (κ3) is 5.05. The Labute approximate surface area is 174 Å². The van der Waals surface area contributed by atoms with E-state index in [4.69, 9.17) is 4.74 Å². The maximum atomic E-state index is 12.3. The van der Waals surface area contributed by atoms with Crippen molar-refractivity contribution in [2.24, 2.45) is 14.1 Å². The molecule has 0 aliphatic carbocycles. The lowest BCUT2D eigenvalue weighted by atomic mass is 10.1. The summed E-state index contributed by atoms with van der Waals surface area (Å²) >= 11 is 1.74. The second kappa shape index (κ2) is 9.24. The predicted molar refractivity (Wildman–Crippen MR) is 117 cm³/mol. The van der Waals surface area contributed by atoms with Crippen molar-refractivity contribution in [3.63, 3.8) is 0 Å². The van der Waals surface area contributed by atoms with Gasteiger partial charge in [0.1, 0.15) is 5.75 Å². The highest BCUT2D eigenvalue weighted by Gasteiger charge is 2.18. The topological polar surface area (TPSA) is 56.5 Å². The molecule has 2 aromatic heterocycles. The van der Waals surface area contributed by atoms with Crippen LogP contribution >= 0.6 is 11.3 Å². The average Bonchev–Trinajstić information content (AvgIpc) is 3.23. The number of nitrogens with zero attached hydrogens (tertiary/aromatic N) is 3. The normalized spacial score (nSPS) is 12.3. The van der Waals surface area contributed by atoms with Gasteiger partial charge in [-0.1, -0.05) is 18.2 Å². The van der Waals surface area contributed by atoms with Crippen molar-refractivity contribution in [1.29, 1.82) is 0 Å². The van der Waals surface area contributed by atoms with Gasteiger partial charge < -0.3 is 4.74 Å². The molecule has 154 valence electrons. The van der Waals surface area contributed by atoms with Crippen LogP contribution in [0.3, 0.4) is 0 Å². The molecule has 0 N–H and O–H groups in total. The van der Waals surface area contributed by atoms with Crippen LogP contribution in [-0.4, -0.2) is 27.2 Å². The Bertz CT molecular complexity index is 1050. The van der Waals surface area contributed by atoms with E-state index in [0.29, 0.717) is 18.8 Å². The van der Waals surface area contributed by atoms with E-state index in [1.165, 1.54) is 11.9 Å². The molecule has 1 atom stereocenters. The third-order valence-electron chi connectivity index (χ3n) is 5.24. The highest BCUT2D eigenvalue weighted by molar-refractivity contribution is 7.09. The van der Waals surface area contributed by atoms with Crippen molar-refractivity contribution in [1.82, 2.24) is 14.0 Å². The molecule has 0 radical (unpaired) electrons. The van der Waals surface area contributed by atoms with E-state index in [-0.39, 0.29) is 17.3 Å². The summed E-state index contributed by atoms with van der Waals surface area (Å²) in [5, 5.41) is 2.08. The SMILES string of the molecule is COc1ccc(CN(Cc2cc(=O)n(C)c(=O)n2C)[C@H](C)Cc2cccs2)cc1. The van der Waals surface area contributed by atoms with Crippen LogP contribution in [0.4, 0.5) is 0 Å². The smallest absolute Gasteiger partial charge is 0.330 e. The minimum atomic E-state index is -0.303. The lowest BCUT2D eigenvalue weighted by Gasteiger charge is -2.30. The van der Waals surface area contributed by atoms with Crippen LogP contribution in [0.5, 0.6) is 5.75 Å². The largest absolute Gasteiger partial charge is 0.497 e. The second-order valence-corrected chi connectivity index (χ2v) is 8.29. The van der Waals surface area contributed by atoms with Crippen LogP contribution in [0, 0.1) is 0 Å². The molecule has 29 heavy (non-hydrogen) atoms. The number of ether oxygens (including phenoxy) is 1. The molecule has 7 heteroatoms. The van der Waals surface area contributed by atoms with Gasteiger partial charge in [-0.2, -0.15) is 0 Å². The molecule has 0 spiro atoms. The molecule has 0 amide bonds. The van der Waals surface area contributed by atoms with E-state index in [9.17, 15) is 9.59 Å². The summed E-state index contributed by atoms with van der Waals surface area (Å²) in [5.74, 6) is 0.820. The van der Waals surface area contributed by atoms with Crippen LogP contribution in [0.25, 0.3) is 0 Å². The molecule has 0 unspecified atom stereocenters. The van der Waals surface area contributed by atoms with Crippen LogP contribution < -0.4 is 16.0 Å². The van der Waals surface area contributed by atoms with E-state index >= 15 is 0 Å². The van der Waals surface area contributed by atoms with E-state index < -0.39 is 0 Å². The second-order valence-electron chi connectivity index (χ2n) is 7.26. The fraction of sp³-hybridized carbons (Fsp3) is 0.364. The van der Waals surface area contributed by atoms with Crippen molar-refractivity contribution in [3.05, 3.63) is 84.8 Å². The molecule has 0 saturated heterocycles. The molecule has 6 nitrogen and oxygen atoms in total. The summed E-state index contributed by atoms with van der Waals surface area (Å²) in [7, 11) is 4.87. The van der Waals surface area contributed by atoms with Gasteiger partial charge in [-0.15, -0.1) is 11.3 Å². The van der Waals surface area contributed by atoms with Gasteiger partial charge in [0.25, 0.3) is 5.56 Å². The van der Waals surface area contributed by atoms with Crippen molar-refractivity contribution >= 4 is 11.3 Å². The van der Waals surface area contributed by atoms with Crippen LogP contribution in [0.2, 0.25) is 0 Å². The summed E-state index contributed by atoms with van der Waals surface area (Å²) in [4.78, 5) is 28.1. The molecule has 0 aliphatic heterocycles. The summed E-state index contributed by atoms with van der Waals surface area (Å²) in [6.07, 6.45) is 0.909. The molecule has 1 aromatic carbocycles. The van der Waals surface area contributed by atoms with Crippen molar-refractivity contribution in [3.8, 4) is 5.75 Å². The quantitative estimate of drug-likeness (QED) is 0.570. The van der Waals surface area contributed by atoms with E-state index in [0.717, 1.165) is 22.3 Å². The predicted octanol–water partition coefficient (Wildman–Crippen LogP) is 2.79. The van der Waals surface area contributed by atoms with E-state index in [2.05, 4.69) is 29.3 Å². The number of hydrogen-bond donors (Lipinski definition) is 0. The maximum absolute atomic E-state index is 12.3. The zero-order valence-corrected chi connectivity index (χ0v) is 18.1. The van der Waals surface area contributed by atoms with Crippen LogP contribution in [0.15, 0.2) is 57.4 Å². The number of thiophene rings is 1. The Kier molecular flexibility index (Phi) is 6.71. The first kappa shape index (κ1) is 21.1. The minimum Gasteiger partial charge on any atom is -0.497 e. The first-order valence-corrected chi connectivity index (χ1v) is 10.4. The van der Waals surface area contributed by atoms with Crippen LogP contribution in [0.1, 0.15) is 23.1 Å². The molecule has 2 heterocycles. The fourth-order valence-electron chi connectivity index (χ4n) is 3.32. The summed E-state index contributed by atoms with van der Waals surface area (Å²) < 4.78 is 7.94. The fourth-order valence-corrected chi connectivity index (χ4v) is 4.15. The summed E-state index contributed by atoms with van der Waals surface area (Å²) in [6, 6.07) is 14.0. The van der Waals surface area contributed by atoms with Gasteiger partial charge in [0, 0.05) is 49.9 Å². The highest BCUT2D eigenvalue weighted by Crippen LogP contribution is 2.19. The zero-order valence-electron chi connectivity index (χ0n) is 17.3. The standard InChI is InChI=1S/C22H27N3O3S/c1-16(12-20-6-5-11-29-20)25(14-17-7-9-19(28-4)10-8-17)15-18-13-21(26)24(3)22(27)23(18)2/h5-11,13,16H,12,14-15H2,1-4H3/t16-/m1/s1. The number of aromatic nitrogens is 2. The van der Waals surface area contributed by atoms with Gasteiger partial charge in [-0.3, -0.25) is 18.8 Å². The Balaban J connectivity index is 1.89. The number of methoxy groups -OCH3 is 1. The van der Waals surface area contributed by atoms with Gasteiger partial charge in [0.15, 0.2) is 0 Å². The van der Waals surface area contributed by atoms with Crippen molar-refractivity contribution in [2.45, 2.75) is 32.5 Å². The molecule has 3 aromatic rings. The first-order valence-electron chi connectivity index (χ1n) is 9.54. The minimum absolute atomic E-state index is 0.231. The summed E-state index contributed by atoms with van der Waals surface area (Å²) in [6.45, 7) is 3.41. The monoisotopic (exact) mass is 413 g/mol. The Morgan fingerprint density at radius 1 is 1.07 bits per heavy atom. The first-order chi connectivity index (χ1) is 13.9. The van der Waals surface area contributed by atoms with Gasteiger partial charge in [-0.25, -0.2) is 4.79 Å². The number of hydrogen-bond acceptors (Lipinski definition) is 5. The number of rotatable bonds is 8. The molecular weight excluding hydrogens is 386 g/mol. The lowest BCUT2D eigenvalue weighted by Crippen LogP contribution is -2.41. The highest BCUT2D eigenvalue weighted by atomic mass is 32.1. The van der Waals surface area contributed by atoms with Gasteiger partial charge in [0.05, 0.1) is 7.11 Å². The molecule has 0 saturated carbocycles. The number of benzene rings is 1. The Morgan fingerprint density at radius 2 is 1.79 bits per heavy atom. The maximum Gasteiger partial charge on any atom is 0.330 e. The van der Waals surface area contributed by atoms with Crippen LogP contribution in [-0.2, 0) is 33.6 Å². The Morgan fingerprint density at radius 3 is 2.41 bits per heavy atom. The molecular formula is C22H27N3O3S. The molecule has 0 fully saturated rings. The average molecular weight is 414 g/mol. The molecule has 0 aliphatic rings. The lowest BCUT2D eigenvalue weighted by molar-refractivity contribution is 0.185. The van der Waals surface area contributed by atoms with E-state index in [1.807, 2.05) is 24.3 Å². The van der Waals surface area contributed by atoms with E-state index in [1.54, 1.807) is 36.1 Å². The van der Waals surface area contributed by atoms with Crippen molar-refractivity contribution in [2.75, 3.05) is 7.11 Å². The molecule has 3 rings (SSSR count). The summed E-state index contributed by atoms with van der Waals surface area (Å²) in [5.41, 5.74) is 1.28.